The first-order chi connectivity index (χ1) is 20.8. The molecule has 3 heterocycles. The van der Waals surface area contributed by atoms with Crippen molar-refractivity contribution in [2.45, 2.75) is 75.5 Å². The third-order valence-electron chi connectivity index (χ3n) is 8.98. The molecule has 1 aliphatic carbocycles. The zero-order chi connectivity index (χ0) is 30.4. The van der Waals surface area contributed by atoms with E-state index >= 15 is 0 Å². The van der Waals surface area contributed by atoms with Crippen LogP contribution >= 0.6 is 21.6 Å². The van der Waals surface area contributed by atoms with Crippen LogP contribution in [0.2, 0.25) is 0 Å². The number of ketones is 2. The van der Waals surface area contributed by atoms with Crippen molar-refractivity contribution in [3.05, 3.63) is 65.1 Å². The lowest BCUT2D eigenvalue weighted by atomic mass is 9.86. The number of hydrogen-bond donors (Lipinski definition) is 3. The van der Waals surface area contributed by atoms with E-state index in [4.69, 9.17) is 15.5 Å². The number of ether oxygens (including phenoxy) is 1. The van der Waals surface area contributed by atoms with E-state index in [9.17, 15) is 14.7 Å². The number of Topliss-reactive ketones (excluding diaryl/α,β-unsaturated/α-hetero) is 1. The number of benzene rings is 1. The minimum atomic E-state index is -0.228. The number of nitrogens with zero attached hydrogens (tertiary/aromatic N) is 2. The van der Waals surface area contributed by atoms with Crippen LogP contribution in [-0.2, 0) is 16.0 Å². The predicted octanol–water partition coefficient (Wildman–Crippen LogP) is 6.40. The number of pyridine rings is 1. The van der Waals surface area contributed by atoms with Crippen molar-refractivity contribution in [1.82, 2.24) is 15.2 Å². The van der Waals surface area contributed by atoms with E-state index in [0.29, 0.717) is 30.3 Å². The average Bonchev–Trinajstić information content (AvgIpc) is 3.71. The fourth-order valence-electron chi connectivity index (χ4n) is 6.43. The number of nitrogens with two attached hydrogens (primary N) is 1. The molecule has 2 unspecified atom stereocenters. The zero-order valence-corrected chi connectivity index (χ0v) is 26.6. The molecule has 0 amide bonds. The van der Waals surface area contributed by atoms with Gasteiger partial charge >= 0.3 is 0 Å². The number of carbonyl (C=O) groups excluding carboxylic acids is 2. The largest absolute Gasteiger partial charge is 0.504 e. The third-order valence-corrected chi connectivity index (χ3v) is 12.0. The summed E-state index contributed by atoms with van der Waals surface area (Å²) in [5, 5.41) is 14.1. The van der Waals surface area contributed by atoms with Gasteiger partial charge in [-0.2, -0.15) is 0 Å². The first-order valence-electron chi connectivity index (χ1n) is 15.1. The molecule has 2 atom stereocenters. The second-order valence-electron chi connectivity index (χ2n) is 11.8. The minimum Gasteiger partial charge on any atom is -0.504 e. The summed E-state index contributed by atoms with van der Waals surface area (Å²) in [4.78, 5) is 32.6. The highest BCUT2D eigenvalue weighted by Gasteiger charge is 2.47. The molecule has 0 saturated heterocycles. The predicted molar refractivity (Wildman–Crippen MR) is 176 cm³/mol. The van der Waals surface area contributed by atoms with Crippen molar-refractivity contribution < 1.29 is 19.4 Å². The molecule has 4 N–H and O–H groups in total. The number of aromatic nitrogens is 1. The second-order valence-corrected chi connectivity index (χ2v) is 14.3. The highest BCUT2D eigenvalue weighted by Crippen LogP contribution is 2.56. The van der Waals surface area contributed by atoms with Gasteiger partial charge in [0.25, 0.3) is 0 Å². The Morgan fingerprint density at radius 1 is 1.19 bits per heavy atom. The Hall–Kier alpha value is -3.11. The Bertz CT molecular complexity index is 1390. The molecule has 43 heavy (non-hydrogen) atoms. The summed E-state index contributed by atoms with van der Waals surface area (Å²) in [5.74, 6) is 1.93. The number of anilines is 1. The van der Waals surface area contributed by atoms with Gasteiger partial charge in [0, 0.05) is 36.3 Å². The average molecular weight is 623 g/mol. The van der Waals surface area contributed by atoms with Crippen LogP contribution in [0.4, 0.5) is 5.82 Å². The summed E-state index contributed by atoms with van der Waals surface area (Å²) in [7, 11) is 5.24. The van der Waals surface area contributed by atoms with E-state index in [0.717, 1.165) is 60.4 Å². The van der Waals surface area contributed by atoms with Crippen LogP contribution < -0.4 is 15.8 Å². The lowest BCUT2D eigenvalue weighted by Gasteiger charge is -2.44. The number of nitrogen functional groups attached to an aromatic ring is 1. The van der Waals surface area contributed by atoms with Gasteiger partial charge in [0.1, 0.15) is 11.6 Å². The lowest BCUT2D eigenvalue weighted by molar-refractivity contribution is -0.124. The zero-order valence-electron chi connectivity index (χ0n) is 25.0. The van der Waals surface area contributed by atoms with Crippen LogP contribution in [0.5, 0.6) is 11.5 Å². The number of carbonyl (C=O) groups is 2. The number of hydrogen-bond acceptors (Lipinski definition) is 10. The van der Waals surface area contributed by atoms with E-state index in [1.807, 2.05) is 27.8 Å². The highest BCUT2D eigenvalue weighted by atomic mass is 33.1. The van der Waals surface area contributed by atoms with Crippen LogP contribution in [0.15, 0.2) is 42.9 Å². The van der Waals surface area contributed by atoms with Crippen LogP contribution in [0.1, 0.15) is 85.8 Å². The van der Waals surface area contributed by atoms with Crippen molar-refractivity contribution in [1.29, 1.82) is 0 Å². The summed E-state index contributed by atoms with van der Waals surface area (Å²) >= 11 is 0. The Kier molecular flexibility index (Phi) is 10.3. The molecule has 3 aliphatic rings. The Labute approximate surface area is 262 Å². The smallest absolute Gasteiger partial charge is 0.163 e. The van der Waals surface area contributed by atoms with Gasteiger partial charge < -0.3 is 25.8 Å². The number of methoxy groups -OCH3 is 1. The van der Waals surface area contributed by atoms with Gasteiger partial charge in [0.15, 0.2) is 17.3 Å². The quantitative estimate of drug-likeness (QED) is 0.261. The van der Waals surface area contributed by atoms with Crippen LogP contribution in [-0.4, -0.2) is 51.6 Å². The van der Waals surface area contributed by atoms with Gasteiger partial charge in [-0.05, 0) is 72.6 Å². The van der Waals surface area contributed by atoms with Gasteiger partial charge in [-0.3, -0.25) is 9.59 Å². The van der Waals surface area contributed by atoms with Crippen LogP contribution in [0.3, 0.4) is 0 Å². The molecular formula is C33H42N4O4S2. The van der Waals surface area contributed by atoms with E-state index < -0.39 is 0 Å². The Balaban J connectivity index is 1.59. The van der Waals surface area contributed by atoms with Crippen LogP contribution in [0, 0.1) is 5.92 Å². The number of allylic oxidation sites excluding steroid dienone is 1. The molecule has 1 saturated carbocycles. The maximum atomic E-state index is 12.7. The molecule has 2 aromatic rings. The fraction of sp³-hybridized carbons (Fsp3) is 0.485. The van der Waals surface area contributed by atoms with Crippen molar-refractivity contribution >= 4 is 45.0 Å². The second kappa shape index (κ2) is 14.1. The molecule has 230 valence electrons. The monoisotopic (exact) mass is 622 g/mol. The minimum absolute atomic E-state index is 0.0236. The number of phenols is 1. The summed E-state index contributed by atoms with van der Waals surface area (Å²) in [6.45, 7) is 2.94. The van der Waals surface area contributed by atoms with E-state index in [1.54, 1.807) is 24.4 Å². The molecule has 0 radical (unpaired) electrons. The Morgan fingerprint density at radius 2 is 2.00 bits per heavy atom. The van der Waals surface area contributed by atoms with Gasteiger partial charge in [-0.25, -0.2) is 4.98 Å². The standard InChI is InChI=1S/C33H42N4O4S2/c1-3-22-6-8-26(38)18-27(39)9-7-24-17-30(41-2)29(40)16-25(24)14-23-15-28(32(34)36-19-23)31(43-42-20-22)33(10-4-5-11-33)37-13-12-35-21-37/h7,9,12-13,15-17,19,22,31,35,40H,3-6,8,10-11,14,18,20-21H2,1-2H3,(H2,34,36). The normalized spacial score (nSPS) is 23.0. The molecular weight excluding hydrogens is 581 g/mol. The summed E-state index contributed by atoms with van der Waals surface area (Å²) < 4.78 is 5.36. The SMILES string of the molecule is CCC1CCC(=O)CC(=O)C=Cc2cc(OC)c(O)cc2Cc2cnc(N)c(c2)C(C2(N3C=CNC3)CCCC2)SSC1. The van der Waals surface area contributed by atoms with Gasteiger partial charge in [-0.15, -0.1) is 0 Å². The van der Waals surface area contributed by atoms with Crippen molar-refractivity contribution in [2.75, 3.05) is 25.3 Å². The molecule has 1 aromatic heterocycles. The molecule has 1 aromatic carbocycles. The highest BCUT2D eigenvalue weighted by molar-refractivity contribution is 8.76. The first kappa shape index (κ1) is 31.3. The number of aromatic hydroxyl groups is 1. The summed E-state index contributed by atoms with van der Waals surface area (Å²) in [6, 6.07) is 5.59. The van der Waals surface area contributed by atoms with Crippen molar-refractivity contribution in [3.63, 3.8) is 0 Å². The van der Waals surface area contributed by atoms with E-state index in [2.05, 4.69) is 29.4 Å². The number of phenolic OH excluding ortho intramolecular Hbond substituents is 1. The Morgan fingerprint density at radius 3 is 2.72 bits per heavy atom. The molecule has 2 bridgehead atoms. The number of fused-ring (bicyclic) bond motifs is 3. The number of rotatable bonds is 4. The topological polar surface area (TPSA) is 118 Å². The third kappa shape index (κ3) is 7.17. The molecule has 1 fully saturated rings. The van der Waals surface area contributed by atoms with Crippen LogP contribution in [0.25, 0.3) is 6.08 Å². The van der Waals surface area contributed by atoms with E-state index in [-0.39, 0.29) is 34.5 Å². The maximum Gasteiger partial charge on any atom is 0.163 e. The van der Waals surface area contributed by atoms with E-state index in [1.165, 1.54) is 26.0 Å². The van der Waals surface area contributed by atoms with Gasteiger partial charge in [0.05, 0.1) is 31.0 Å². The van der Waals surface area contributed by atoms with Gasteiger partial charge in [-0.1, -0.05) is 53.9 Å². The number of nitrogens with one attached hydrogen (secondary N) is 1. The molecule has 10 heteroatoms. The molecule has 5 rings (SSSR count). The van der Waals surface area contributed by atoms with Gasteiger partial charge in [0.2, 0.25) is 0 Å². The summed E-state index contributed by atoms with van der Waals surface area (Å²) in [5.41, 5.74) is 10.1. The lowest BCUT2D eigenvalue weighted by Crippen LogP contribution is -2.48. The fourth-order valence-corrected chi connectivity index (χ4v) is 10.2. The molecule has 8 nitrogen and oxygen atoms in total. The molecule has 2 aliphatic heterocycles. The first-order valence-corrected chi connectivity index (χ1v) is 17.5. The van der Waals surface area contributed by atoms with Crippen molar-refractivity contribution in [3.8, 4) is 11.5 Å². The van der Waals surface area contributed by atoms with Crippen molar-refractivity contribution in [2.24, 2.45) is 5.92 Å². The summed E-state index contributed by atoms with van der Waals surface area (Å²) in [6.07, 6.45) is 16.2. The molecule has 0 spiro atoms. The maximum absolute atomic E-state index is 12.7.